The van der Waals surface area contributed by atoms with Gasteiger partial charge in [0.2, 0.25) is 0 Å². The summed E-state index contributed by atoms with van der Waals surface area (Å²) < 4.78 is 11.9. The van der Waals surface area contributed by atoms with Crippen molar-refractivity contribution < 1.29 is 13.9 Å². The Bertz CT molecular complexity index is 1250. The lowest BCUT2D eigenvalue weighted by atomic mass is 10.1. The molecule has 3 heterocycles. The van der Waals surface area contributed by atoms with Gasteiger partial charge in [-0.25, -0.2) is 4.98 Å². The van der Waals surface area contributed by atoms with E-state index in [9.17, 15) is 4.79 Å². The van der Waals surface area contributed by atoms with Crippen LogP contribution in [0.5, 0.6) is 5.75 Å². The zero-order valence-corrected chi connectivity index (χ0v) is 19.2. The molecule has 1 aliphatic heterocycles. The normalized spacial score (nSPS) is 14.3. The number of piperazine rings is 1. The van der Waals surface area contributed by atoms with E-state index in [-0.39, 0.29) is 18.3 Å². The van der Waals surface area contributed by atoms with Crippen molar-refractivity contribution in [2.75, 3.05) is 38.1 Å². The van der Waals surface area contributed by atoms with Crippen molar-refractivity contribution in [3.8, 4) is 5.75 Å². The van der Waals surface area contributed by atoms with Gasteiger partial charge in [0.1, 0.15) is 23.8 Å². The summed E-state index contributed by atoms with van der Waals surface area (Å²) in [7, 11) is 2.14. The van der Waals surface area contributed by atoms with E-state index in [1.807, 2.05) is 72.9 Å². The van der Waals surface area contributed by atoms with Gasteiger partial charge in [0, 0.05) is 49.9 Å². The van der Waals surface area contributed by atoms with Gasteiger partial charge in [0.05, 0.1) is 0 Å². The molecule has 1 fully saturated rings. The van der Waals surface area contributed by atoms with Crippen molar-refractivity contribution in [1.82, 2.24) is 15.2 Å². The molecular weight excluding hydrogens is 428 g/mol. The highest BCUT2D eigenvalue weighted by atomic mass is 16.5. The number of carbonyl (C=O) groups excluding carboxylic acids is 1. The predicted molar refractivity (Wildman–Crippen MR) is 132 cm³/mol. The molecule has 0 radical (unpaired) electrons. The van der Waals surface area contributed by atoms with Crippen LogP contribution in [-0.4, -0.2) is 49.0 Å². The largest absolute Gasteiger partial charge is 0.489 e. The molecule has 7 nitrogen and oxygen atoms in total. The van der Waals surface area contributed by atoms with Gasteiger partial charge in [-0.15, -0.1) is 0 Å². The number of likely N-dealkylation sites (N-methyl/N-ethyl adjacent to an activating group) is 1. The quantitative estimate of drug-likeness (QED) is 0.452. The van der Waals surface area contributed by atoms with Gasteiger partial charge >= 0.3 is 0 Å². The number of benzene rings is 2. The molecule has 0 spiro atoms. The molecule has 1 amide bonds. The maximum Gasteiger partial charge on any atom is 0.287 e. The number of fused-ring (bicyclic) bond motifs is 1. The first-order valence-electron chi connectivity index (χ1n) is 11.5. The zero-order chi connectivity index (χ0) is 23.3. The minimum atomic E-state index is -0.272. The van der Waals surface area contributed by atoms with E-state index in [1.54, 1.807) is 0 Å². The Morgan fingerprint density at radius 1 is 1.00 bits per heavy atom. The van der Waals surface area contributed by atoms with Crippen LogP contribution in [0.3, 0.4) is 0 Å². The van der Waals surface area contributed by atoms with Gasteiger partial charge < -0.3 is 24.3 Å². The number of hydrogen-bond donors (Lipinski definition) is 1. The lowest BCUT2D eigenvalue weighted by Crippen LogP contribution is -2.44. The van der Waals surface area contributed by atoms with E-state index < -0.39 is 0 Å². The van der Waals surface area contributed by atoms with Crippen LogP contribution in [0.4, 0.5) is 5.82 Å². The lowest BCUT2D eigenvalue weighted by molar-refractivity contribution is 0.0922. The topological polar surface area (TPSA) is 70.8 Å². The minimum Gasteiger partial charge on any atom is -0.489 e. The number of aromatic nitrogens is 1. The summed E-state index contributed by atoms with van der Waals surface area (Å²) in [6, 6.07) is 21.2. The standard InChI is InChI=1S/C27H28N4O3/c1-30-13-15-31(16-14-30)25-12-11-20(17-28-25)18-29-27(32)26-23(19-33-21-7-3-2-4-8-21)22-9-5-6-10-24(22)34-26/h2-12,17H,13-16,18-19H2,1H3,(H,29,32). The monoisotopic (exact) mass is 456 g/mol. The second-order valence-electron chi connectivity index (χ2n) is 8.51. The van der Waals surface area contributed by atoms with Gasteiger partial charge in [-0.05, 0) is 36.9 Å². The molecule has 1 aliphatic rings. The fourth-order valence-electron chi connectivity index (χ4n) is 4.10. The number of amides is 1. The van der Waals surface area contributed by atoms with Crippen LogP contribution in [0.2, 0.25) is 0 Å². The summed E-state index contributed by atoms with van der Waals surface area (Å²) in [5.74, 6) is 1.72. The van der Waals surface area contributed by atoms with Crippen LogP contribution >= 0.6 is 0 Å². The Morgan fingerprint density at radius 2 is 1.76 bits per heavy atom. The van der Waals surface area contributed by atoms with Crippen LogP contribution in [0.1, 0.15) is 21.7 Å². The van der Waals surface area contributed by atoms with Gasteiger partial charge in [0.15, 0.2) is 5.76 Å². The van der Waals surface area contributed by atoms with Gasteiger partial charge in [-0.1, -0.05) is 42.5 Å². The molecule has 1 saturated heterocycles. The maximum absolute atomic E-state index is 13.1. The fourth-order valence-corrected chi connectivity index (χ4v) is 4.10. The Morgan fingerprint density at radius 3 is 2.53 bits per heavy atom. The third-order valence-electron chi connectivity index (χ3n) is 6.12. The molecule has 0 saturated carbocycles. The number of nitrogens with one attached hydrogen (secondary N) is 1. The molecule has 2 aromatic heterocycles. The molecule has 0 bridgehead atoms. The summed E-state index contributed by atoms with van der Waals surface area (Å²) in [5.41, 5.74) is 2.34. The number of anilines is 1. The average molecular weight is 457 g/mol. The number of furan rings is 1. The molecule has 1 N–H and O–H groups in total. The van der Waals surface area contributed by atoms with Crippen molar-refractivity contribution in [1.29, 1.82) is 0 Å². The molecule has 34 heavy (non-hydrogen) atoms. The first-order chi connectivity index (χ1) is 16.7. The number of pyridine rings is 1. The molecule has 0 aliphatic carbocycles. The first-order valence-corrected chi connectivity index (χ1v) is 11.5. The molecule has 2 aromatic carbocycles. The molecule has 174 valence electrons. The van der Waals surface area contributed by atoms with Crippen molar-refractivity contribution in [3.05, 3.63) is 89.8 Å². The van der Waals surface area contributed by atoms with Crippen LogP contribution in [0.15, 0.2) is 77.3 Å². The van der Waals surface area contributed by atoms with Gasteiger partial charge in [-0.3, -0.25) is 4.79 Å². The second-order valence-corrected chi connectivity index (χ2v) is 8.51. The van der Waals surface area contributed by atoms with E-state index in [4.69, 9.17) is 9.15 Å². The highest BCUT2D eigenvalue weighted by molar-refractivity contribution is 5.99. The summed E-state index contributed by atoms with van der Waals surface area (Å²) in [4.78, 5) is 22.3. The van der Waals surface area contributed by atoms with Crippen molar-refractivity contribution >= 4 is 22.7 Å². The van der Waals surface area contributed by atoms with Gasteiger partial charge in [0.25, 0.3) is 5.91 Å². The smallest absolute Gasteiger partial charge is 0.287 e. The fraction of sp³-hybridized carbons (Fsp3) is 0.259. The van der Waals surface area contributed by atoms with E-state index in [0.717, 1.165) is 54.3 Å². The van der Waals surface area contributed by atoms with E-state index >= 15 is 0 Å². The Labute approximate surface area is 198 Å². The number of carbonyl (C=O) groups is 1. The third kappa shape index (κ3) is 4.89. The lowest BCUT2D eigenvalue weighted by Gasteiger charge is -2.33. The molecule has 5 rings (SSSR count). The van der Waals surface area contributed by atoms with E-state index in [2.05, 4.69) is 27.1 Å². The molecule has 0 unspecified atom stereocenters. The highest BCUT2D eigenvalue weighted by Gasteiger charge is 2.21. The summed E-state index contributed by atoms with van der Waals surface area (Å²) in [6.45, 7) is 4.62. The molecule has 4 aromatic rings. The number of hydrogen-bond acceptors (Lipinski definition) is 6. The number of para-hydroxylation sites is 2. The minimum absolute atomic E-state index is 0.241. The Balaban J connectivity index is 1.27. The van der Waals surface area contributed by atoms with Gasteiger partial charge in [-0.2, -0.15) is 0 Å². The summed E-state index contributed by atoms with van der Waals surface area (Å²) in [5, 5.41) is 3.85. The molecular formula is C27H28N4O3. The van der Waals surface area contributed by atoms with Crippen LogP contribution in [0, 0.1) is 0 Å². The number of rotatable bonds is 7. The highest BCUT2D eigenvalue weighted by Crippen LogP contribution is 2.27. The first kappa shape index (κ1) is 22.0. The third-order valence-corrected chi connectivity index (χ3v) is 6.12. The van der Waals surface area contributed by atoms with Crippen molar-refractivity contribution in [2.45, 2.75) is 13.2 Å². The second kappa shape index (κ2) is 9.97. The predicted octanol–water partition coefficient (Wildman–Crippen LogP) is 4.09. The van der Waals surface area contributed by atoms with E-state index in [1.165, 1.54) is 0 Å². The van der Waals surface area contributed by atoms with Crippen LogP contribution in [0.25, 0.3) is 11.0 Å². The molecule has 0 atom stereocenters. The SMILES string of the molecule is CN1CCN(c2ccc(CNC(=O)c3oc4ccccc4c3COc3ccccc3)cn2)CC1. The zero-order valence-electron chi connectivity index (χ0n) is 19.2. The number of nitrogens with zero attached hydrogens (tertiary/aromatic N) is 3. The van der Waals surface area contributed by atoms with Crippen molar-refractivity contribution in [3.63, 3.8) is 0 Å². The Kier molecular flexibility index (Phi) is 6.44. The Hall–Kier alpha value is -3.84. The van der Waals surface area contributed by atoms with E-state index in [0.29, 0.717) is 12.1 Å². The summed E-state index contributed by atoms with van der Waals surface area (Å²) >= 11 is 0. The average Bonchev–Trinajstić information content (AvgIpc) is 3.26. The van der Waals surface area contributed by atoms with Crippen LogP contribution in [-0.2, 0) is 13.2 Å². The van der Waals surface area contributed by atoms with Crippen molar-refractivity contribution in [2.24, 2.45) is 0 Å². The maximum atomic E-state index is 13.1. The molecule has 7 heteroatoms. The summed E-state index contributed by atoms with van der Waals surface area (Å²) in [6.07, 6.45) is 1.83. The van der Waals surface area contributed by atoms with Crippen LogP contribution < -0.4 is 15.0 Å². The number of ether oxygens (including phenoxy) is 1.